The van der Waals surface area contributed by atoms with Crippen LogP contribution in [0.3, 0.4) is 0 Å². The second-order valence-corrected chi connectivity index (χ2v) is 5.97. The van der Waals surface area contributed by atoms with E-state index < -0.39 is 0 Å². The van der Waals surface area contributed by atoms with E-state index in [4.69, 9.17) is 4.84 Å². The molecule has 0 atom stereocenters. The second-order valence-electron chi connectivity index (χ2n) is 5.97. The minimum atomic E-state index is -0.268. The molecule has 0 N–H and O–H groups in total. The largest absolute Gasteiger partial charge is 0.391 e. The summed E-state index contributed by atoms with van der Waals surface area (Å²) in [5, 5.41) is 4.16. The lowest BCUT2D eigenvalue weighted by molar-refractivity contribution is 0.175. The maximum absolute atomic E-state index is 13.8. The summed E-state index contributed by atoms with van der Waals surface area (Å²) in [4.78, 5) is 5.23. The Morgan fingerprint density at radius 2 is 1.92 bits per heavy atom. The van der Waals surface area contributed by atoms with Crippen molar-refractivity contribution in [2.45, 2.75) is 13.8 Å². The Morgan fingerprint density at radius 3 is 2.62 bits per heavy atom. The van der Waals surface area contributed by atoms with E-state index in [0.29, 0.717) is 6.61 Å². The molecule has 1 heterocycles. The first kappa shape index (κ1) is 17.7. The molecule has 0 bridgehead atoms. The molecule has 2 aromatic carbocycles. The number of oxime groups is 1. The van der Waals surface area contributed by atoms with Gasteiger partial charge in [0.1, 0.15) is 12.4 Å². The Balaban J connectivity index is 2.18. The molecule has 0 amide bonds. The molecule has 0 saturated heterocycles. The van der Waals surface area contributed by atoms with Gasteiger partial charge in [0.25, 0.3) is 0 Å². The van der Waals surface area contributed by atoms with Crippen LogP contribution in [0.2, 0.25) is 0 Å². The maximum atomic E-state index is 13.8. The summed E-state index contributed by atoms with van der Waals surface area (Å²) in [5.74, 6) is -0.268. The first-order chi connectivity index (χ1) is 12.6. The summed E-state index contributed by atoms with van der Waals surface area (Å²) in [6.45, 7) is 7.87. The molecule has 3 nitrogen and oxygen atoms in total. The number of nitrogens with zero attached hydrogens (tertiary/aromatic N) is 2. The molecule has 26 heavy (non-hydrogen) atoms. The number of benzene rings is 2. The number of hydrogen-bond donors (Lipinski definition) is 0. The summed E-state index contributed by atoms with van der Waals surface area (Å²) < 4.78 is 15.9. The fourth-order valence-electron chi connectivity index (χ4n) is 2.98. The predicted octanol–water partition coefficient (Wildman–Crippen LogP) is 5.52. The maximum Gasteiger partial charge on any atom is 0.135 e. The van der Waals surface area contributed by atoms with Crippen LogP contribution in [0.15, 0.2) is 78.5 Å². The summed E-state index contributed by atoms with van der Waals surface area (Å²) in [6.07, 6.45) is 1.65. The highest BCUT2D eigenvalue weighted by molar-refractivity contribution is 6.01. The Hall–Kier alpha value is -3.14. The van der Waals surface area contributed by atoms with Crippen LogP contribution in [0.25, 0.3) is 16.9 Å². The lowest BCUT2D eigenvalue weighted by Gasteiger charge is -2.12. The molecular formula is C22H21FN2O. The van der Waals surface area contributed by atoms with Crippen LogP contribution in [0.5, 0.6) is 0 Å². The summed E-state index contributed by atoms with van der Waals surface area (Å²) in [6, 6.07) is 18.7. The van der Waals surface area contributed by atoms with Crippen molar-refractivity contribution in [3.05, 3.63) is 90.4 Å². The third-order valence-corrected chi connectivity index (χ3v) is 4.17. The van der Waals surface area contributed by atoms with Gasteiger partial charge >= 0.3 is 0 Å². The van der Waals surface area contributed by atoms with Crippen LogP contribution in [0.1, 0.15) is 18.2 Å². The SMILES string of the molecule is C=CCO/N=C(\C)c1cc(-c2ccccc2)n(-c2cccc(F)c2)c1C. The summed E-state index contributed by atoms with van der Waals surface area (Å²) in [5.41, 5.74) is 5.48. The number of hydrogen-bond acceptors (Lipinski definition) is 2. The molecule has 0 spiro atoms. The van der Waals surface area contributed by atoms with Crippen LogP contribution >= 0.6 is 0 Å². The topological polar surface area (TPSA) is 26.5 Å². The normalized spacial score (nSPS) is 11.4. The van der Waals surface area contributed by atoms with Crippen molar-refractivity contribution in [3.63, 3.8) is 0 Å². The molecule has 0 unspecified atom stereocenters. The minimum Gasteiger partial charge on any atom is -0.391 e. The highest BCUT2D eigenvalue weighted by Gasteiger charge is 2.17. The zero-order valence-electron chi connectivity index (χ0n) is 14.9. The molecule has 4 heteroatoms. The van der Waals surface area contributed by atoms with E-state index in [0.717, 1.165) is 33.9 Å². The minimum absolute atomic E-state index is 0.268. The fourth-order valence-corrected chi connectivity index (χ4v) is 2.98. The van der Waals surface area contributed by atoms with Gasteiger partial charge in [-0.2, -0.15) is 0 Å². The molecule has 0 radical (unpaired) electrons. The van der Waals surface area contributed by atoms with Crippen LogP contribution < -0.4 is 0 Å². The average Bonchev–Trinajstić information content (AvgIpc) is 3.00. The van der Waals surface area contributed by atoms with Gasteiger partial charge in [-0.25, -0.2) is 4.39 Å². The quantitative estimate of drug-likeness (QED) is 0.249. The van der Waals surface area contributed by atoms with E-state index in [9.17, 15) is 4.39 Å². The van der Waals surface area contributed by atoms with E-state index in [-0.39, 0.29) is 5.82 Å². The third-order valence-electron chi connectivity index (χ3n) is 4.17. The predicted molar refractivity (Wildman–Crippen MR) is 104 cm³/mol. The van der Waals surface area contributed by atoms with Crippen LogP contribution in [-0.2, 0) is 4.84 Å². The van der Waals surface area contributed by atoms with Gasteiger partial charge in [-0.15, -0.1) is 0 Å². The van der Waals surface area contributed by atoms with E-state index >= 15 is 0 Å². The van der Waals surface area contributed by atoms with Crippen molar-refractivity contribution in [1.82, 2.24) is 4.57 Å². The van der Waals surface area contributed by atoms with Gasteiger partial charge in [0.05, 0.1) is 11.4 Å². The first-order valence-electron chi connectivity index (χ1n) is 8.43. The smallest absolute Gasteiger partial charge is 0.135 e. The lowest BCUT2D eigenvalue weighted by atomic mass is 10.1. The van der Waals surface area contributed by atoms with Crippen molar-refractivity contribution >= 4 is 5.71 Å². The van der Waals surface area contributed by atoms with Crippen LogP contribution in [0.4, 0.5) is 4.39 Å². The summed E-state index contributed by atoms with van der Waals surface area (Å²) in [7, 11) is 0. The van der Waals surface area contributed by atoms with Crippen LogP contribution in [0, 0.1) is 12.7 Å². The van der Waals surface area contributed by atoms with E-state index in [1.54, 1.807) is 12.1 Å². The van der Waals surface area contributed by atoms with Gasteiger partial charge in [-0.3, -0.25) is 0 Å². The van der Waals surface area contributed by atoms with Crippen molar-refractivity contribution in [2.24, 2.45) is 5.16 Å². The number of rotatable bonds is 6. The first-order valence-corrected chi connectivity index (χ1v) is 8.43. The zero-order valence-corrected chi connectivity index (χ0v) is 14.9. The van der Waals surface area contributed by atoms with Gasteiger partial charge in [0, 0.05) is 16.9 Å². The standard InChI is InChI=1S/C22H21FN2O/c1-4-13-26-24-16(2)21-15-22(18-9-6-5-7-10-18)25(17(21)3)20-12-8-11-19(23)14-20/h4-12,14-15H,1,13H2,2-3H3/b24-16+. The van der Waals surface area contributed by atoms with Gasteiger partial charge in [0.2, 0.25) is 0 Å². The third kappa shape index (κ3) is 3.59. The van der Waals surface area contributed by atoms with Gasteiger partial charge < -0.3 is 9.40 Å². The Labute approximate surface area is 153 Å². The highest BCUT2D eigenvalue weighted by Crippen LogP contribution is 2.30. The molecule has 0 aliphatic carbocycles. The molecular weight excluding hydrogens is 327 g/mol. The molecule has 3 rings (SSSR count). The average molecular weight is 348 g/mol. The molecule has 0 aliphatic heterocycles. The molecule has 0 saturated carbocycles. The van der Waals surface area contributed by atoms with E-state index in [1.165, 1.54) is 12.1 Å². The molecule has 0 aliphatic rings. The summed E-state index contributed by atoms with van der Waals surface area (Å²) >= 11 is 0. The number of aromatic nitrogens is 1. The van der Waals surface area contributed by atoms with Gasteiger partial charge in [0.15, 0.2) is 0 Å². The second kappa shape index (κ2) is 7.83. The Morgan fingerprint density at radius 1 is 1.15 bits per heavy atom. The Kier molecular flexibility index (Phi) is 5.32. The zero-order chi connectivity index (χ0) is 18.5. The van der Waals surface area contributed by atoms with Gasteiger partial charge in [-0.1, -0.05) is 54.2 Å². The van der Waals surface area contributed by atoms with E-state index in [2.05, 4.69) is 17.8 Å². The van der Waals surface area contributed by atoms with Crippen molar-refractivity contribution < 1.29 is 9.23 Å². The van der Waals surface area contributed by atoms with Gasteiger partial charge in [-0.05, 0) is 43.7 Å². The fraction of sp³-hybridized carbons (Fsp3) is 0.136. The molecule has 3 aromatic rings. The molecule has 1 aromatic heterocycles. The monoisotopic (exact) mass is 348 g/mol. The van der Waals surface area contributed by atoms with Crippen molar-refractivity contribution in [3.8, 4) is 16.9 Å². The van der Waals surface area contributed by atoms with Crippen molar-refractivity contribution in [2.75, 3.05) is 6.61 Å². The molecule has 0 fully saturated rings. The lowest BCUT2D eigenvalue weighted by Crippen LogP contribution is -2.03. The molecule has 132 valence electrons. The number of halogens is 1. The highest BCUT2D eigenvalue weighted by atomic mass is 19.1. The van der Waals surface area contributed by atoms with Crippen molar-refractivity contribution in [1.29, 1.82) is 0 Å². The van der Waals surface area contributed by atoms with E-state index in [1.807, 2.05) is 54.8 Å². The Bertz CT molecular complexity index is 942. The van der Waals surface area contributed by atoms with Crippen LogP contribution in [-0.4, -0.2) is 16.9 Å².